The van der Waals surface area contributed by atoms with E-state index in [1.165, 1.54) is 4.88 Å². The fraction of sp³-hybridized carbons (Fsp3) is 0.0476. The third kappa shape index (κ3) is 4.08. The van der Waals surface area contributed by atoms with E-state index in [1.54, 1.807) is 11.3 Å². The fourth-order valence-corrected chi connectivity index (χ4v) is 3.75. The van der Waals surface area contributed by atoms with Gasteiger partial charge in [0.2, 0.25) is 0 Å². The van der Waals surface area contributed by atoms with Crippen LogP contribution >= 0.6 is 43.2 Å². The van der Waals surface area contributed by atoms with Gasteiger partial charge in [-0.05, 0) is 52.4 Å². The van der Waals surface area contributed by atoms with Crippen LogP contribution in [0.3, 0.4) is 0 Å². The Morgan fingerprint density at radius 3 is 1.88 bits per heavy atom. The van der Waals surface area contributed by atoms with E-state index in [1.807, 2.05) is 6.07 Å². The molecule has 3 heteroatoms. The van der Waals surface area contributed by atoms with Crippen molar-refractivity contribution in [2.75, 3.05) is 0 Å². The van der Waals surface area contributed by atoms with E-state index < -0.39 is 0 Å². The summed E-state index contributed by atoms with van der Waals surface area (Å²) in [5.41, 5.74) is 3.45. The van der Waals surface area contributed by atoms with E-state index in [-0.39, 0.29) is 5.92 Å². The highest BCUT2D eigenvalue weighted by molar-refractivity contribution is 9.10. The molecule has 3 aromatic rings. The average molecular weight is 458 g/mol. The second kappa shape index (κ2) is 7.98. The van der Waals surface area contributed by atoms with Crippen LogP contribution in [0.4, 0.5) is 0 Å². The van der Waals surface area contributed by atoms with Crippen LogP contribution in [0.25, 0.3) is 5.57 Å². The van der Waals surface area contributed by atoms with E-state index in [0.29, 0.717) is 0 Å². The molecule has 0 spiro atoms. The van der Waals surface area contributed by atoms with Gasteiger partial charge in [-0.15, -0.1) is 17.8 Å². The summed E-state index contributed by atoms with van der Waals surface area (Å²) in [7, 11) is 0. The minimum Gasteiger partial charge on any atom is -0.147 e. The zero-order valence-corrected chi connectivity index (χ0v) is 16.7. The van der Waals surface area contributed by atoms with Gasteiger partial charge in [-0.2, -0.15) is 0 Å². The first-order chi connectivity index (χ1) is 11.7. The van der Waals surface area contributed by atoms with Crippen LogP contribution in [0.15, 0.2) is 81.1 Å². The standard InChI is InChI=1S/C21H14Br2S/c1-2-15(21-4-3-13-24-21)14-20(16-5-9-18(22)10-6-16)17-7-11-19(23)12-8-17/h1,3-15H. The fourth-order valence-electron chi connectivity index (χ4n) is 2.47. The first kappa shape index (κ1) is 17.2. The number of rotatable bonds is 4. The van der Waals surface area contributed by atoms with E-state index >= 15 is 0 Å². The minimum absolute atomic E-state index is 0.0349. The summed E-state index contributed by atoms with van der Waals surface area (Å²) in [4.78, 5) is 1.18. The first-order valence-corrected chi connectivity index (χ1v) is 9.87. The molecule has 0 saturated carbocycles. The predicted molar refractivity (Wildman–Crippen MR) is 111 cm³/mol. The highest BCUT2D eigenvalue weighted by Crippen LogP contribution is 2.31. The molecule has 0 aliphatic heterocycles. The van der Waals surface area contributed by atoms with Crippen LogP contribution in [0.1, 0.15) is 21.9 Å². The molecule has 0 saturated heterocycles. The predicted octanol–water partition coefficient (Wildman–Crippen LogP) is 7.12. The molecule has 0 bridgehead atoms. The molecule has 3 rings (SSSR count). The molecule has 0 radical (unpaired) electrons. The Kier molecular flexibility index (Phi) is 5.73. The molecule has 24 heavy (non-hydrogen) atoms. The van der Waals surface area contributed by atoms with Gasteiger partial charge in [0.05, 0.1) is 5.92 Å². The Labute approximate surface area is 163 Å². The maximum absolute atomic E-state index is 5.81. The Bertz CT molecular complexity index is 820. The molecule has 0 amide bonds. The van der Waals surface area contributed by atoms with Gasteiger partial charge in [0, 0.05) is 13.8 Å². The van der Waals surface area contributed by atoms with Crippen molar-refractivity contribution in [1.29, 1.82) is 0 Å². The summed E-state index contributed by atoms with van der Waals surface area (Å²) >= 11 is 8.69. The number of thiophene rings is 1. The lowest BCUT2D eigenvalue weighted by Gasteiger charge is -2.12. The second-order valence-corrected chi connectivity index (χ2v) is 8.06. The van der Waals surface area contributed by atoms with Gasteiger partial charge >= 0.3 is 0 Å². The largest absolute Gasteiger partial charge is 0.147 e. The Hall–Kier alpha value is -1.60. The third-order valence-corrected chi connectivity index (χ3v) is 5.69. The van der Waals surface area contributed by atoms with Crippen molar-refractivity contribution in [1.82, 2.24) is 0 Å². The van der Waals surface area contributed by atoms with Crippen molar-refractivity contribution in [2.24, 2.45) is 0 Å². The summed E-state index contributed by atoms with van der Waals surface area (Å²) in [5, 5.41) is 2.06. The molecule has 0 nitrogen and oxygen atoms in total. The Balaban J connectivity index is 2.10. The van der Waals surface area contributed by atoms with Gasteiger partial charge in [-0.25, -0.2) is 0 Å². The molecule has 2 aromatic carbocycles. The molecular formula is C21H14Br2S. The summed E-state index contributed by atoms with van der Waals surface area (Å²) in [6.07, 6.45) is 7.99. The van der Waals surface area contributed by atoms with E-state index in [0.717, 1.165) is 25.6 Å². The van der Waals surface area contributed by atoms with Gasteiger partial charge in [0.1, 0.15) is 0 Å². The van der Waals surface area contributed by atoms with Gasteiger partial charge < -0.3 is 0 Å². The lowest BCUT2D eigenvalue weighted by molar-refractivity contribution is 1.18. The quantitative estimate of drug-likeness (QED) is 0.365. The SMILES string of the molecule is C#CC(C=C(c1ccc(Br)cc1)c1ccc(Br)cc1)c1cccs1. The molecule has 0 N–H and O–H groups in total. The highest BCUT2D eigenvalue weighted by atomic mass is 79.9. The topological polar surface area (TPSA) is 0 Å². The minimum atomic E-state index is -0.0349. The second-order valence-electron chi connectivity index (χ2n) is 5.25. The molecular weight excluding hydrogens is 444 g/mol. The number of hydrogen-bond donors (Lipinski definition) is 0. The van der Waals surface area contributed by atoms with Crippen molar-refractivity contribution in [2.45, 2.75) is 5.92 Å². The molecule has 0 aliphatic carbocycles. The molecule has 0 fully saturated rings. The van der Waals surface area contributed by atoms with Crippen molar-refractivity contribution < 1.29 is 0 Å². The van der Waals surface area contributed by atoms with Crippen LogP contribution in [0.2, 0.25) is 0 Å². The summed E-state index contributed by atoms with van der Waals surface area (Å²) in [6.45, 7) is 0. The van der Waals surface area contributed by atoms with Gasteiger partial charge in [0.15, 0.2) is 0 Å². The Morgan fingerprint density at radius 2 is 1.46 bits per heavy atom. The number of allylic oxidation sites excluding steroid dienone is 1. The third-order valence-electron chi connectivity index (χ3n) is 3.67. The van der Waals surface area contributed by atoms with Crippen molar-refractivity contribution >= 4 is 48.8 Å². The smallest absolute Gasteiger partial charge is 0.0732 e. The van der Waals surface area contributed by atoms with Crippen LogP contribution in [0, 0.1) is 12.3 Å². The molecule has 118 valence electrons. The zero-order chi connectivity index (χ0) is 16.9. The maximum Gasteiger partial charge on any atom is 0.0732 e. The van der Waals surface area contributed by atoms with Crippen LogP contribution in [-0.2, 0) is 0 Å². The van der Waals surface area contributed by atoms with Crippen LogP contribution in [0.5, 0.6) is 0 Å². The lowest BCUT2D eigenvalue weighted by Crippen LogP contribution is -1.94. The lowest BCUT2D eigenvalue weighted by atomic mass is 9.93. The van der Waals surface area contributed by atoms with E-state index in [4.69, 9.17) is 6.42 Å². The Morgan fingerprint density at radius 1 is 0.917 bits per heavy atom. The normalized spacial score (nSPS) is 11.5. The van der Waals surface area contributed by atoms with E-state index in [2.05, 4.69) is 104 Å². The van der Waals surface area contributed by atoms with Gasteiger partial charge in [-0.1, -0.05) is 74.2 Å². The van der Waals surface area contributed by atoms with Crippen molar-refractivity contribution in [3.05, 3.63) is 97.1 Å². The van der Waals surface area contributed by atoms with Gasteiger partial charge in [-0.3, -0.25) is 0 Å². The summed E-state index contributed by atoms with van der Waals surface area (Å²) in [5.74, 6) is 2.88. The average Bonchev–Trinajstić information content (AvgIpc) is 3.13. The molecule has 1 atom stereocenters. The number of hydrogen-bond acceptors (Lipinski definition) is 1. The van der Waals surface area contributed by atoms with E-state index in [9.17, 15) is 0 Å². The van der Waals surface area contributed by atoms with Crippen molar-refractivity contribution in [3.63, 3.8) is 0 Å². The number of halogens is 2. The maximum atomic E-state index is 5.81. The van der Waals surface area contributed by atoms with Crippen LogP contribution in [-0.4, -0.2) is 0 Å². The van der Waals surface area contributed by atoms with Gasteiger partial charge in [0.25, 0.3) is 0 Å². The summed E-state index contributed by atoms with van der Waals surface area (Å²) in [6, 6.07) is 20.8. The number of benzene rings is 2. The monoisotopic (exact) mass is 456 g/mol. The molecule has 1 unspecified atom stereocenters. The molecule has 0 aliphatic rings. The number of terminal acetylenes is 1. The molecule has 1 aromatic heterocycles. The van der Waals surface area contributed by atoms with Crippen molar-refractivity contribution in [3.8, 4) is 12.3 Å². The zero-order valence-electron chi connectivity index (χ0n) is 12.7. The van der Waals surface area contributed by atoms with Crippen LogP contribution < -0.4 is 0 Å². The highest BCUT2D eigenvalue weighted by Gasteiger charge is 2.11. The molecule has 1 heterocycles. The summed E-state index contributed by atoms with van der Waals surface area (Å²) < 4.78 is 2.13. The first-order valence-electron chi connectivity index (χ1n) is 7.40.